The fraction of sp³-hybridized carbons (Fsp3) is 0.423. The summed E-state index contributed by atoms with van der Waals surface area (Å²) in [6, 6.07) is 5.07. The molecule has 204 valence electrons. The second-order valence-electron chi connectivity index (χ2n) is 10.0. The van der Waals surface area contributed by atoms with Crippen molar-refractivity contribution >= 4 is 29.1 Å². The van der Waals surface area contributed by atoms with E-state index in [1.54, 1.807) is 27.5 Å². The average Bonchev–Trinajstić information content (AvgIpc) is 3.48. The number of carbonyl (C=O) groups is 2. The highest BCUT2D eigenvalue weighted by molar-refractivity contribution is 6.33. The lowest BCUT2D eigenvalue weighted by Crippen LogP contribution is -2.45. The number of hydrogen-bond donors (Lipinski definition) is 0. The van der Waals surface area contributed by atoms with Gasteiger partial charge in [0.15, 0.2) is 0 Å². The van der Waals surface area contributed by atoms with Crippen LogP contribution in [0.3, 0.4) is 0 Å². The van der Waals surface area contributed by atoms with Crippen LogP contribution in [0.25, 0.3) is 4.85 Å². The topological polar surface area (TPSA) is 80.6 Å². The van der Waals surface area contributed by atoms with Gasteiger partial charge in [0.25, 0.3) is 11.8 Å². The first-order chi connectivity index (χ1) is 18.4. The first kappa shape index (κ1) is 26.7. The van der Waals surface area contributed by atoms with Gasteiger partial charge in [0.2, 0.25) is 5.69 Å². The number of fused-ring (bicyclic) bond motifs is 3. The number of alkyl halides is 3. The predicted molar refractivity (Wildman–Crippen MR) is 135 cm³/mol. The maximum absolute atomic E-state index is 13.8. The van der Waals surface area contributed by atoms with E-state index >= 15 is 0 Å². The molecule has 5 rings (SSSR count). The Labute approximate surface area is 227 Å². The number of amides is 2. The number of rotatable bonds is 4. The van der Waals surface area contributed by atoms with Crippen LogP contribution in [-0.2, 0) is 19.5 Å². The monoisotopic (exact) mass is 559 g/mol. The van der Waals surface area contributed by atoms with E-state index in [0.29, 0.717) is 35.5 Å². The number of carbonyl (C=O) groups excluding carboxylic acids is 2. The fourth-order valence-electron chi connectivity index (χ4n) is 5.22. The lowest BCUT2D eigenvalue weighted by molar-refractivity contribution is -0.142. The minimum atomic E-state index is -4.41. The molecule has 4 heterocycles. The maximum Gasteiger partial charge on any atom is 0.408 e. The Morgan fingerprint density at radius 2 is 1.97 bits per heavy atom. The molecule has 2 amide bonds. The molecular formula is C26H25ClF3N7O2. The summed E-state index contributed by atoms with van der Waals surface area (Å²) in [4.78, 5) is 33.9. The number of benzene rings is 1. The summed E-state index contributed by atoms with van der Waals surface area (Å²) in [7, 11) is 0. The van der Waals surface area contributed by atoms with Crippen LogP contribution >= 0.6 is 11.6 Å². The van der Waals surface area contributed by atoms with Crippen LogP contribution in [0.1, 0.15) is 70.7 Å². The minimum absolute atomic E-state index is 0.154. The molecule has 0 unspecified atom stereocenters. The van der Waals surface area contributed by atoms with Crippen LogP contribution in [0.4, 0.5) is 18.9 Å². The Bertz CT molecular complexity index is 1510. The third kappa shape index (κ3) is 4.87. The van der Waals surface area contributed by atoms with Crippen molar-refractivity contribution in [2.45, 2.75) is 64.6 Å². The van der Waals surface area contributed by atoms with Crippen molar-refractivity contribution in [3.8, 4) is 0 Å². The summed E-state index contributed by atoms with van der Waals surface area (Å²) < 4.78 is 40.9. The van der Waals surface area contributed by atoms with E-state index in [1.165, 1.54) is 24.4 Å². The van der Waals surface area contributed by atoms with Crippen LogP contribution < -0.4 is 0 Å². The summed E-state index contributed by atoms with van der Waals surface area (Å²) in [5.41, 5.74) is 2.62. The third-order valence-electron chi connectivity index (χ3n) is 7.26. The smallest absolute Gasteiger partial charge is 0.331 e. The van der Waals surface area contributed by atoms with Gasteiger partial charge >= 0.3 is 6.18 Å². The highest BCUT2D eigenvalue weighted by atomic mass is 35.5. The van der Waals surface area contributed by atoms with Crippen molar-refractivity contribution in [2.24, 2.45) is 0 Å². The SMILES string of the molecule is [C-]#[N+]c1cc(C(=O)N2Cc3c(nn4c3C(=O)N([C@@H](C)c3ccn(CC(F)(F)F)n3)C[C@H]4C)C[C@H]2C)ccc1Cl. The molecule has 2 aliphatic heterocycles. The standard InChI is InChI=1S/C26H25ClF3N7O2/c1-14-9-21-18(12-35(14)24(38)17-5-6-19(27)22(10-17)31-4)23-25(39)36(11-15(2)37(23)33-21)16(3)20-7-8-34(32-20)13-26(28,29)30/h5-8,10,14-16H,9,11-13H2,1-3H3/t14-,15-,16+/m1/s1. The van der Waals surface area contributed by atoms with Crippen molar-refractivity contribution in [3.05, 3.63) is 75.1 Å². The lowest BCUT2D eigenvalue weighted by atomic mass is 9.97. The van der Waals surface area contributed by atoms with Crippen LogP contribution in [0.2, 0.25) is 5.02 Å². The summed E-state index contributed by atoms with van der Waals surface area (Å²) in [6.45, 7) is 12.1. The second kappa shape index (κ2) is 9.72. The Morgan fingerprint density at radius 1 is 1.23 bits per heavy atom. The Morgan fingerprint density at radius 3 is 2.67 bits per heavy atom. The van der Waals surface area contributed by atoms with Gasteiger partial charge in [0, 0.05) is 41.4 Å². The van der Waals surface area contributed by atoms with Gasteiger partial charge in [-0.3, -0.25) is 19.0 Å². The highest BCUT2D eigenvalue weighted by Gasteiger charge is 2.41. The van der Waals surface area contributed by atoms with Gasteiger partial charge in [-0.2, -0.15) is 23.4 Å². The lowest BCUT2D eigenvalue weighted by Gasteiger charge is -2.37. The zero-order valence-corrected chi connectivity index (χ0v) is 22.2. The fourth-order valence-corrected chi connectivity index (χ4v) is 5.38. The average molecular weight is 560 g/mol. The Hall–Kier alpha value is -3.85. The van der Waals surface area contributed by atoms with E-state index in [0.717, 1.165) is 10.4 Å². The molecule has 3 aromatic rings. The van der Waals surface area contributed by atoms with E-state index in [-0.39, 0.29) is 41.2 Å². The van der Waals surface area contributed by atoms with E-state index in [4.69, 9.17) is 23.3 Å². The summed E-state index contributed by atoms with van der Waals surface area (Å²) in [5, 5.41) is 9.04. The Kier molecular flexibility index (Phi) is 6.66. The van der Waals surface area contributed by atoms with E-state index in [1.807, 2.05) is 13.8 Å². The third-order valence-corrected chi connectivity index (χ3v) is 7.58. The largest absolute Gasteiger partial charge is 0.408 e. The van der Waals surface area contributed by atoms with Gasteiger partial charge in [0.1, 0.15) is 12.2 Å². The highest BCUT2D eigenvalue weighted by Crippen LogP contribution is 2.35. The van der Waals surface area contributed by atoms with E-state index < -0.39 is 18.8 Å². The minimum Gasteiger partial charge on any atom is -0.331 e. The molecule has 0 bridgehead atoms. The summed E-state index contributed by atoms with van der Waals surface area (Å²) in [5.74, 6) is -0.602. The van der Waals surface area contributed by atoms with Crippen molar-refractivity contribution in [1.29, 1.82) is 0 Å². The molecule has 9 nitrogen and oxygen atoms in total. The molecule has 0 N–H and O–H groups in total. The number of nitrogens with zero attached hydrogens (tertiary/aromatic N) is 7. The molecule has 13 heteroatoms. The first-order valence-electron chi connectivity index (χ1n) is 12.4. The second-order valence-corrected chi connectivity index (χ2v) is 10.4. The number of halogens is 4. The van der Waals surface area contributed by atoms with Gasteiger partial charge < -0.3 is 9.80 Å². The zero-order chi connectivity index (χ0) is 28.2. The van der Waals surface area contributed by atoms with Crippen molar-refractivity contribution < 1.29 is 22.8 Å². The van der Waals surface area contributed by atoms with Crippen LogP contribution in [-0.4, -0.2) is 59.9 Å². The molecule has 0 radical (unpaired) electrons. The molecule has 2 aliphatic rings. The molecule has 0 aliphatic carbocycles. The molecule has 39 heavy (non-hydrogen) atoms. The zero-order valence-electron chi connectivity index (χ0n) is 21.4. The van der Waals surface area contributed by atoms with Crippen LogP contribution in [0, 0.1) is 6.57 Å². The van der Waals surface area contributed by atoms with Gasteiger partial charge in [-0.25, -0.2) is 4.85 Å². The Balaban J connectivity index is 1.44. The maximum atomic E-state index is 13.8. The summed E-state index contributed by atoms with van der Waals surface area (Å²) in [6.07, 6.45) is -2.70. The molecule has 0 saturated heterocycles. The predicted octanol–water partition coefficient (Wildman–Crippen LogP) is 5.21. The molecule has 2 aromatic heterocycles. The molecule has 0 saturated carbocycles. The molecule has 0 fully saturated rings. The number of aromatic nitrogens is 4. The van der Waals surface area contributed by atoms with Gasteiger partial charge in [-0.05, 0) is 32.9 Å². The normalized spacial score (nSPS) is 19.9. The summed E-state index contributed by atoms with van der Waals surface area (Å²) >= 11 is 6.04. The number of hydrogen-bond acceptors (Lipinski definition) is 4. The van der Waals surface area contributed by atoms with Crippen LogP contribution in [0.5, 0.6) is 0 Å². The van der Waals surface area contributed by atoms with E-state index in [2.05, 4.69) is 9.94 Å². The van der Waals surface area contributed by atoms with Gasteiger partial charge in [0.05, 0.1) is 36.6 Å². The van der Waals surface area contributed by atoms with E-state index in [9.17, 15) is 22.8 Å². The molecular weight excluding hydrogens is 535 g/mol. The van der Waals surface area contributed by atoms with Crippen molar-refractivity contribution in [1.82, 2.24) is 29.4 Å². The molecule has 3 atom stereocenters. The van der Waals surface area contributed by atoms with Crippen LogP contribution in [0.15, 0.2) is 30.5 Å². The molecule has 1 aromatic carbocycles. The van der Waals surface area contributed by atoms with Gasteiger partial charge in [-0.15, -0.1) is 0 Å². The first-order valence-corrected chi connectivity index (χ1v) is 12.7. The van der Waals surface area contributed by atoms with Crippen molar-refractivity contribution in [2.75, 3.05) is 6.54 Å². The van der Waals surface area contributed by atoms with Gasteiger partial charge in [-0.1, -0.05) is 23.7 Å². The quantitative estimate of drug-likeness (QED) is 0.411. The molecule has 0 spiro atoms. The van der Waals surface area contributed by atoms with Crippen molar-refractivity contribution in [3.63, 3.8) is 0 Å².